The molecule has 1 aliphatic rings. The SMILES string of the molecule is CCN(CCOC)C(=O)N1C(C(=O)O)CSC1C(C)C. The highest BCUT2D eigenvalue weighted by molar-refractivity contribution is 8.00. The number of carbonyl (C=O) groups excluding carboxylic acids is 1. The van der Waals surface area contributed by atoms with Gasteiger partial charge in [-0.05, 0) is 12.8 Å². The number of hydrogen-bond acceptors (Lipinski definition) is 4. The second-order valence-electron chi connectivity index (χ2n) is 5.08. The number of carboxylic acid groups (broad SMARTS) is 1. The Kier molecular flexibility index (Phi) is 6.61. The normalized spacial score (nSPS) is 22.4. The Bertz CT molecular complexity index is 351. The average molecular weight is 304 g/mol. The van der Waals surface area contributed by atoms with Crippen molar-refractivity contribution >= 4 is 23.8 Å². The molecule has 0 radical (unpaired) electrons. The van der Waals surface area contributed by atoms with E-state index >= 15 is 0 Å². The fraction of sp³-hybridized carbons (Fsp3) is 0.846. The third-order valence-electron chi connectivity index (χ3n) is 3.33. The van der Waals surface area contributed by atoms with Crippen molar-refractivity contribution in [3.8, 4) is 0 Å². The Morgan fingerprint density at radius 1 is 1.50 bits per heavy atom. The van der Waals surface area contributed by atoms with Gasteiger partial charge < -0.3 is 14.7 Å². The Balaban J connectivity index is 2.89. The summed E-state index contributed by atoms with van der Waals surface area (Å²) in [6.45, 7) is 7.37. The minimum atomic E-state index is -0.934. The monoisotopic (exact) mass is 304 g/mol. The maximum absolute atomic E-state index is 12.6. The van der Waals surface area contributed by atoms with Gasteiger partial charge in [0.1, 0.15) is 6.04 Å². The summed E-state index contributed by atoms with van der Waals surface area (Å²) in [5.74, 6) is -0.266. The summed E-state index contributed by atoms with van der Waals surface area (Å²) in [4.78, 5) is 27.2. The number of methoxy groups -OCH3 is 1. The number of likely N-dealkylation sites (N-methyl/N-ethyl adjacent to an activating group) is 1. The zero-order valence-corrected chi connectivity index (χ0v) is 13.4. The summed E-state index contributed by atoms with van der Waals surface area (Å²) in [6, 6.07) is -0.947. The van der Waals surface area contributed by atoms with E-state index in [0.717, 1.165) is 0 Å². The molecule has 2 atom stereocenters. The molecule has 6 nitrogen and oxygen atoms in total. The number of carbonyl (C=O) groups is 2. The van der Waals surface area contributed by atoms with Gasteiger partial charge in [0.2, 0.25) is 0 Å². The van der Waals surface area contributed by atoms with E-state index in [0.29, 0.717) is 25.4 Å². The van der Waals surface area contributed by atoms with E-state index in [1.54, 1.807) is 23.8 Å². The first-order chi connectivity index (χ1) is 9.43. The topological polar surface area (TPSA) is 70.1 Å². The maximum Gasteiger partial charge on any atom is 0.327 e. The highest BCUT2D eigenvalue weighted by Crippen LogP contribution is 2.34. The second-order valence-corrected chi connectivity index (χ2v) is 6.23. The van der Waals surface area contributed by atoms with Gasteiger partial charge in [0.15, 0.2) is 0 Å². The van der Waals surface area contributed by atoms with Crippen LogP contribution in [0.15, 0.2) is 0 Å². The summed E-state index contributed by atoms with van der Waals surface area (Å²) in [5, 5.41) is 9.23. The van der Waals surface area contributed by atoms with Gasteiger partial charge in [0, 0.05) is 26.0 Å². The lowest BCUT2D eigenvalue weighted by Gasteiger charge is -2.34. The number of urea groups is 1. The summed E-state index contributed by atoms with van der Waals surface area (Å²) >= 11 is 1.54. The third-order valence-corrected chi connectivity index (χ3v) is 4.95. The molecule has 1 rings (SSSR count). The predicted octanol–water partition coefficient (Wildman–Crippen LogP) is 1.56. The Morgan fingerprint density at radius 3 is 2.60 bits per heavy atom. The highest BCUT2D eigenvalue weighted by Gasteiger charge is 2.44. The van der Waals surface area contributed by atoms with Crippen LogP contribution in [0.4, 0.5) is 4.79 Å². The van der Waals surface area contributed by atoms with Crippen molar-refractivity contribution in [1.29, 1.82) is 0 Å². The molecule has 7 heteroatoms. The lowest BCUT2D eigenvalue weighted by Crippen LogP contribution is -2.53. The first-order valence-electron chi connectivity index (χ1n) is 6.84. The van der Waals surface area contributed by atoms with Crippen LogP contribution >= 0.6 is 11.8 Å². The number of aliphatic carboxylic acids is 1. The molecule has 0 aromatic heterocycles. The number of amides is 2. The molecule has 1 heterocycles. The molecule has 0 saturated carbocycles. The van der Waals surface area contributed by atoms with E-state index in [9.17, 15) is 14.7 Å². The number of hydrogen-bond donors (Lipinski definition) is 1. The molecule has 0 aromatic rings. The molecular formula is C13H24N2O4S. The van der Waals surface area contributed by atoms with Gasteiger partial charge in [-0.1, -0.05) is 13.8 Å². The molecule has 1 saturated heterocycles. The standard InChI is InChI=1S/C13H24N2O4S/c1-5-14(6-7-19-4)13(18)15-10(12(16)17)8-20-11(15)9(2)3/h9-11H,5-8H2,1-4H3,(H,16,17). The quantitative estimate of drug-likeness (QED) is 0.806. The van der Waals surface area contributed by atoms with E-state index < -0.39 is 12.0 Å². The van der Waals surface area contributed by atoms with E-state index in [1.807, 2.05) is 20.8 Å². The third kappa shape index (κ3) is 3.79. The van der Waals surface area contributed by atoms with Crippen LogP contribution < -0.4 is 0 Å². The Hall–Kier alpha value is -0.950. The molecule has 2 unspecified atom stereocenters. The highest BCUT2D eigenvalue weighted by atomic mass is 32.2. The van der Waals surface area contributed by atoms with E-state index in [4.69, 9.17) is 4.74 Å². The molecule has 2 amide bonds. The van der Waals surface area contributed by atoms with Crippen LogP contribution in [0.5, 0.6) is 0 Å². The van der Waals surface area contributed by atoms with Crippen LogP contribution in [0, 0.1) is 5.92 Å². The summed E-state index contributed by atoms with van der Waals surface area (Å²) in [5.41, 5.74) is 0. The number of nitrogens with zero attached hydrogens (tertiary/aromatic N) is 2. The maximum atomic E-state index is 12.6. The van der Waals surface area contributed by atoms with Crippen LogP contribution in [0.3, 0.4) is 0 Å². The molecule has 0 bridgehead atoms. The molecule has 1 aliphatic heterocycles. The molecule has 0 aromatic carbocycles. The predicted molar refractivity (Wildman–Crippen MR) is 78.9 cm³/mol. The van der Waals surface area contributed by atoms with Crippen molar-refractivity contribution in [3.05, 3.63) is 0 Å². The van der Waals surface area contributed by atoms with Gasteiger partial charge in [-0.15, -0.1) is 11.8 Å². The molecule has 1 fully saturated rings. The van der Waals surface area contributed by atoms with Gasteiger partial charge in [0.25, 0.3) is 0 Å². The van der Waals surface area contributed by atoms with Crippen LogP contribution in [-0.4, -0.2) is 70.9 Å². The molecule has 0 spiro atoms. The van der Waals surface area contributed by atoms with Crippen LogP contribution in [0.25, 0.3) is 0 Å². The lowest BCUT2D eigenvalue weighted by molar-refractivity contribution is -0.141. The van der Waals surface area contributed by atoms with Gasteiger partial charge in [-0.2, -0.15) is 0 Å². The summed E-state index contributed by atoms with van der Waals surface area (Å²) in [6.07, 6.45) is 0. The zero-order chi connectivity index (χ0) is 15.3. The number of rotatable bonds is 6. The second kappa shape index (κ2) is 7.73. The number of ether oxygens (including phenoxy) is 1. The van der Waals surface area contributed by atoms with E-state index in [1.165, 1.54) is 4.90 Å². The fourth-order valence-corrected chi connectivity index (χ4v) is 3.69. The van der Waals surface area contributed by atoms with Crippen LogP contribution in [0.1, 0.15) is 20.8 Å². The Morgan fingerprint density at radius 2 is 2.15 bits per heavy atom. The minimum absolute atomic E-state index is 0.0832. The Labute approximate surface area is 124 Å². The lowest BCUT2D eigenvalue weighted by atomic mass is 10.1. The smallest absolute Gasteiger partial charge is 0.327 e. The van der Waals surface area contributed by atoms with Crippen molar-refractivity contribution in [2.24, 2.45) is 5.92 Å². The largest absolute Gasteiger partial charge is 0.480 e. The van der Waals surface area contributed by atoms with Crippen molar-refractivity contribution in [3.63, 3.8) is 0 Å². The molecule has 20 heavy (non-hydrogen) atoms. The summed E-state index contributed by atoms with van der Waals surface area (Å²) < 4.78 is 5.00. The van der Waals surface area contributed by atoms with Crippen molar-refractivity contribution < 1.29 is 19.4 Å². The number of carboxylic acids is 1. The minimum Gasteiger partial charge on any atom is -0.480 e. The fourth-order valence-electron chi connectivity index (χ4n) is 2.23. The van der Waals surface area contributed by atoms with Crippen LogP contribution in [-0.2, 0) is 9.53 Å². The van der Waals surface area contributed by atoms with Gasteiger partial charge in [-0.25, -0.2) is 9.59 Å². The molecule has 116 valence electrons. The molecular weight excluding hydrogens is 280 g/mol. The van der Waals surface area contributed by atoms with E-state index in [2.05, 4.69) is 0 Å². The van der Waals surface area contributed by atoms with Crippen molar-refractivity contribution in [2.75, 3.05) is 32.6 Å². The molecule has 0 aliphatic carbocycles. The molecule has 1 N–H and O–H groups in total. The zero-order valence-electron chi connectivity index (χ0n) is 12.5. The van der Waals surface area contributed by atoms with E-state index in [-0.39, 0.29) is 17.3 Å². The summed E-state index contributed by atoms with van der Waals surface area (Å²) in [7, 11) is 1.58. The van der Waals surface area contributed by atoms with Gasteiger partial charge in [0.05, 0.1) is 12.0 Å². The van der Waals surface area contributed by atoms with Gasteiger partial charge >= 0.3 is 12.0 Å². The number of thioether (sulfide) groups is 1. The van der Waals surface area contributed by atoms with Gasteiger partial charge in [-0.3, -0.25) is 4.90 Å². The van der Waals surface area contributed by atoms with Crippen LogP contribution in [0.2, 0.25) is 0 Å². The first kappa shape index (κ1) is 17.1. The first-order valence-corrected chi connectivity index (χ1v) is 7.89. The van der Waals surface area contributed by atoms with Crippen molar-refractivity contribution in [2.45, 2.75) is 32.2 Å². The average Bonchev–Trinajstić information content (AvgIpc) is 2.84. The van der Waals surface area contributed by atoms with Crippen molar-refractivity contribution in [1.82, 2.24) is 9.80 Å².